The van der Waals surface area contributed by atoms with E-state index >= 15 is 0 Å². The van der Waals surface area contributed by atoms with E-state index in [0.29, 0.717) is 42.9 Å². The SMILES string of the molecule is O=C(CSc1n[nH]c(/C=C/c2ccccc2)n1)N1CCN(C(=O)C2CC2)CC1. The Morgan fingerprint density at radius 2 is 1.79 bits per heavy atom. The molecule has 1 aliphatic carbocycles. The van der Waals surface area contributed by atoms with Gasteiger partial charge in [-0.05, 0) is 24.5 Å². The van der Waals surface area contributed by atoms with Crippen LogP contribution in [0.5, 0.6) is 0 Å². The lowest BCUT2D eigenvalue weighted by molar-refractivity contribution is -0.139. The highest BCUT2D eigenvalue weighted by molar-refractivity contribution is 7.99. The zero-order valence-electron chi connectivity index (χ0n) is 15.6. The van der Waals surface area contributed by atoms with Crippen molar-refractivity contribution >= 4 is 35.7 Å². The molecule has 7 nitrogen and oxygen atoms in total. The van der Waals surface area contributed by atoms with Gasteiger partial charge >= 0.3 is 0 Å². The monoisotopic (exact) mass is 397 g/mol. The molecule has 8 heteroatoms. The number of hydrogen-bond donors (Lipinski definition) is 1. The van der Waals surface area contributed by atoms with E-state index in [0.717, 1.165) is 18.4 Å². The number of aromatic amines is 1. The minimum atomic E-state index is 0.0645. The molecule has 1 aromatic heterocycles. The number of amides is 2. The number of carbonyl (C=O) groups excluding carboxylic acids is 2. The molecule has 4 rings (SSSR count). The van der Waals surface area contributed by atoms with E-state index in [4.69, 9.17) is 0 Å². The van der Waals surface area contributed by atoms with Crippen LogP contribution in [0, 0.1) is 5.92 Å². The Morgan fingerprint density at radius 1 is 1.07 bits per heavy atom. The van der Waals surface area contributed by atoms with Crippen LogP contribution in [-0.4, -0.2) is 68.7 Å². The van der Waals surface area contributed by atoms with Crippen molar-refractivity contribution in [3.8, 4) is 0 Å². The van der Waals surface area contributed by atoms with Crippen LogP contribution in [-0.2, 0) is 9.59 Å². The van der Waals surface area contributed by atoms with Gasteiger partial charge in [-0.15, -0.1) is 5.10 Å². The van der Waals surface area contributed by atoms with Crippen molar-refractivity contribution in [1.29, 1.82) is 0 Å². The van der Waals surface area contributed by atoms with Gasteiger partial charge in [-0.3, -0.25) is 14.7 Å². The lowest BCUT2D eigenvalue weighted by Crippen LogP contribution is -2.51. The van der Waals surface area contributed by atoms with Crippen LogP contribution in [0.2, 0.25) is 0 Å². The van der Waals surface area contributed by atoms with Gasteiger partial charge in [0.25, 0.3) is 0 Å². The molecular formula is C20H23N5O2S. The highest BCUT2D eigenvalue weighted by atomic mass is 32.2. The average Bonchev–Trinajstić information content (AvgIpc) is 3.50. The Morgan fingerprint density at radius 3 is 2.50 bits per heavy atom. The van der Waals surface area contributed by atoms with Crippen molar-refractivity contribution in [3.63, 3.8) is 0 Å². The van der Waals surface area contributed by atoms with Gasteiger partial charge in [-0.1, -0.05) is 48.2 Å². The highest BCUT2D eigenvalue weighted by Gasteiger charge is 2.35. The molecule has 1 aliphatic heterocycles. The fourth-order valence-electron chi connectivity index (χ4n) is 3.12. The third-order valence-electron chi connectivity index (χ3n) is 4.91. The van der Waals surface area contributed by atoms with Gasteiger partial charge in [0.15, 0.2) is 0 Å². The van der Waals surface area contributed by atoms with Gasteiger partial charge in [0.1, 0.15) is 5.82 Å². The number of benzene rings is 1. The van der Waals surface area contributed by atoms with Crippen molar-refractivity contribution in [2.45, 2.75) is 18.0 Å². The first kappa shape index (κ1) is 18.7. The summed E-state index contributed by atoms with van der Waals surface area (Å²) >= 11 is 1.33. The zero-order chi connectivity index (χ0) is 19.3. The predicted molar refractivity (Wildman–Crippen MR) is 108 cm³/mol. The Hall–Kier alpha value is -2.61. The standard InChI is InChI=1S/C20H23N5O2S/c26-18(24-10-12-25(13-11-24)19(27)16-7-8-16)14-28-20-21-17(22-23-20)9-6-15-4-2-1-3-5-15/h1-6,9,16H,7-8,10-14H2,(H,21,22,23)/b9-6+. The van der Waals surface area contributed by atoms with E-state index < -0.39 is 0 Å². The van der Waals surface area contributed by atoms with Crippen LogP contribution in [0.3, 0.4) is 0 Å². The topological polar surface area (TPSA) is 82.2 Å². The first-order valence-corrected chi connectivity index (χ1v) is 10.5. The molecule has 2 aliphatic rings. The van der Waals surface area contributed by atoms with Crippen molar-refractivity contribution in [2.75, 3.05) is 31.9 Å². The second-order valence-electron chi connectivity index (χ2n) is 7.02. The number of H-pyrrole nitrogens is 1. The predicted octanol–water partition coefficient (Wildman–Crippen LogP) is 2.15. The number of nitrogens with one attached hydrogen (secondary N) is 1. The molecule has 1 N–H and O–H groups in total. The summed E-state index contributed by atoms with van der Waals surface area (Å²) in [5.74, 6) is 1.53. The summed E-state index contributed by atoms with van der Waals surface area (Å²) in [4.78, 5) is 32.6. The number of carbonyl (C=O) groups is 2. The third kappa shape index (κ3) is 4.81. The van der Waals surface area contributed by atoms with Gasteiger partial charge in [0.05, 0.1) is 5.75 Å². The van der Waals surface area contributed by atoms with Gasteiger partial charge in [-0.2, -0.15) is 0 Å². The average molecular weight is 398 g/mol. The highest BCUT2D eigenvalue weighted by Crippen LogP contribution is 2.31. The van der Waals surface area contributed by atoms with Crippen LogP contribution < -0.4 is 0 Å². The minimum Gasteiger partial charge on any atom is -0.339 e. The summed E-state index contributed by atoms with van der Waals surface area (Å²) in [6.45, 7) is 2.50. The molecule has 1 saturated heterocycles. The summed E-state index contributed by atoms with van der Waals surface area (Å²) in [6, 6.07) is 9.96. The largest absolute Gasteiger partial charge is 0.339 e. The van der Waals surface area contributed by atoms with Crippen molar-refractivity contribution < 1.29 is 9.59 Å². The fraction of sp³-hybridized carbons (Fsp3) is 0.400. The van der Waals surface area contributed by atoms with Gasteiger partial charge in [-0.25, -0.2) is 4.98 Å². The van der Waals surface area contributed by atoms with Crippen molar-refractivity contribution in [2.24, 2.45) is 5.92 Å². The number of rotatable bonds is 6. The van der Waals surface area contributed by atoms with Crippen molar-refractivity contribution in [1.82, 2.24) is 25.0 Å². The lowest BCUT2D eigenvalue weighted by Gasteiger charge is -2.34. The molecule has 0 bridgehead atoms. The van der Waals surface area contributed by atoms with E-state index in [1.54, 1.807) is 0 Å². The molecule has 0 atom stereocenters. The number of nitrogens with zero attached hydrogens (tertiary/aromatic N) is 4. The minimum absolute atomic E-state index is 0.0645. The summed E-state index contributed by atoms with van der Waals surface area (Å²) in [5, 5.41) is 7.59. The van der Waals surface area contributed by atoms with Crippen LogP contribution >= 0.6 is 11.8 Å². The summed E-state index contributed by atoms with van der Waals surface area (Å²) in [7, 11) is 0. The molecule has 2 aromatic rings. The molecule has 2 amide bonds. The number of hydrogen-bond acceptors (Lipinski definition) is 5. The maximum absolute atomic E-state index is 12.4. The Labute approximate surface area is 168 Å². The summed E-state index contributed by atoms with van der Waals surface area (Å²) < 4.78 is 0. The zero-order valence-corrected chi connectivity index (χ0v) is 16.4. The Balaban J connectivity index is 1.22. The molecule has 0 radical (unpaired) electrons. The van der Waals surface area contributed by atoms with Gasteiger partial charge < -0.3 is 9.80 Å². The number of thioether (sulfide) groups is 1. The summed E-state index contributed by atoms with van der Waals surface area (Å²) in [5.41, 5.74) is 1.09. The van der Waals surface area contributed by atoms with Gasteiger partial charge in [0.2, 0.25) is 17.0 Å². The molecule has 0 spiro atoms. The van der Waals surface area contributed by atoms with Crippen LogP contribution in [0.1, 0.15) is 24.2 Å². The normalized spacial score (nSPS) is 17.3. The molecular weight excluding hydrogens is 374 g/mol. The lowest BCUT2D eigenvalue weighted by atomic mass is 10.2. The van der Waals surface area contributed by atoms with Crippen LogP contribution in [0.15, 0.2) is 35.5 Å². The second kappa shape index (κ2) is 8.60. The molecule has 28 heavy (non-hydrogen) atoms. The smallest absolute Gasteiger partial charge is 0.233 e. The first-order valence-electron chi connectivity index (χ1n) is 9.54. The number of piperazine rings is 1. The maximum atomic E-state index is 12.4. The molecule has 2 heterocycles. The van der Waals surface area contributed by atoms with Gasteiger partial charge in [0, 0.05) is 32.1 Å². The molecule has 1 saturated carbocycles. The fourth-order valence-corrected chi connectivity index (χ4v) is 3.83. The van der Waals surface area contributed by atoms with E-state index in [1.165, 1.54) is 11.8 Å². The molecule has 146 valence electrons. The number of aromatic nitrogens is 3. The Kier molecular flexibility index (Phi) is 5.76. The van der Waals surface area contributed by atoms with Crippen LogP contribution in [0.25, 0.3) is 12.2 Å². The van der Waals surface area contributed by atoms with E-state index in [-0.39, 0.29) is 17.7 Å². The van der Waals surface area contributed by atoms with E-state index in [9.17, 15) is 9.59 Å². The second-order valence-corrected chi connectivity index (χ2v) is 7.96. The molecule has 2 fully saturated rings. The van der Waals surface area contributed by atoms with E-state index in [1.807, 2.05) is 52.3 Å². The molecule has 1 aromatic carbocycles. The first-order chi connectivity index (χ1) is 13.7. The molecule has 0 unspecified atom stereocenters. The van der Waals surface area contributed by atoms with Crippen LogP contribution in [0.4, 0.5) is 0 Å². The maximum Gasteiger partial charge on any atom is 0.233 e. The quantitative estimate of drug-likeness (QED) is 0.756. The van der Waals surface area contributed by atoms with Crippen molar-refractivity contribution in [3.05, 3.63) is 41.7 Å². The third-order valence-corrected chi connectivity index (χ3v) is 5.74. The summed E-state index contributed by atoms with van der Waals surface area (Å²) in [6.07, 6.45) is 5.87. The van der Waals surface area contributed by atoms with E-state index in [2.05, 4.69) is 15.2 Å². The Bertz CT molecular complexity index is 854.